The zero-order valence-electron chi connectivity index (χ0n) is 14.4. The van der Waals surface area contributed by atoms with E-state index >= 15 is 0 Å². The number of aromatic nitrogens is 2. The molecular formula is C21H15F2N3O. The maximum Gasteiger partial charge on any atom is 0.258 e. The van der Waals surface area contributed by atoms with Gasteiger partial charge in [-0.05, 0) is 42.8 Å². The van der Waals surface area contributed by atoms with Crippen LogP contribution in [0.4, 0.5) is 14.5 Å². The third-order valence-corrected chi connectivity index (χ3v) is 4.27. The number of hydrogen-bond donors (Lipinski definition) is 1. The number of amides is 1. The SMILES string of the molecule is Cc1cccn2cc(-c3cccc(NC(=O)c4ccc(F)cc4F)c3)nc12. The minimum atomic E-state index is -0.903. The monoisotopic (exact) mass is 363 g/mol. The van der Waals surface area contributed by atoms with Gasteiger partial charge in [-0.25, -0.2) is 13.8 Å². The summed E-state index contributed by atoms with van der Waals surface area (Å²) in [7, 11) is 0. The van der Waals surface area contributed by atoms with E-state index in [2.05, 4.69) is 10.3 Å². The number of aryl methyl sites for hydroxylation is 1. The molecule has 2 aromatic heterocycles. The summed E-state index contributed by atoms with van der Waals surface area (Å²) >= 11 is 0. The second-order valence-electron chi connectivity index (χ2n) is 6.21. The van der Waals surface area contributed by atoms with E-state index in [4.69, 9.17) is 0 Å². The third kappa shape index (κ3) is 3.29. The number of anilines is 1. The lowest BCUT2D eigenvalue weighted by Gasteiger charge is -2.07. The smallest absolute Gasteiger partial charge is 0.258 e. The summed E-state index contributed by atoms with van der Waals surface area (Å²) in [4.78, 5) is 16.9. The summed E-state index contributed by atoms with van der Waals surface area (Å²) in [5.74, 6) is -2.27. The second-order valence-corrected chi connectivity index (χ2v) is 6.21. The second kappa shape index (κ2) is 6.64. The van der Waals surface area contributed by atoms with Gasteiger partial charge in [-0.15, -0.1) is 0 Å². The van der Waals surface area contributed by atoms with Crippen molar-refractivity contribution < 1.29 is 13.6 Å². The van der Waals surface area contributed by atoms with Crippen molar-refractivity contribution in [1.82, 2.24) is 9.38 Å². The number of hydrogen-bond acceptors (Lipinski definition) is 2. The highest BCUT2D eigenvalue weighted by Gasteiger charge is 2.13. The van der Waals surface area contributed by atoms with E-state index in [0.717, 1.165) is 34.6 Å². The van der Waals surface area contributed by atoms with Crippen LogP contribution in [-0.4, -0.2) is 15.3 Å². The van der Waals surface area contributed by atoms with Crippen molar-refractivity contribution in [2.75, 3.05) is 5.32 Å². The van der Waals surface area contributed by atoms with Crippen molar-refractivity contribution in [2.24, 2.45) is 0 Å². The van der Waals surface area contributed by atoms with E-state index in [9.17, 15) is 13.6 Å². The van der Waals surface area contributed by atoms with Gasteiger partial charge in [0.05, 0.1) is 11.3 Å². The molecule has 0 radical (unpaired) electrons. The molecule has 0 aliphatic rings. The number of nitrogens with zero attached hydrogens (tertiary/aromatic N) is 2. The first kappa shape index (κ1) is 16.9. The maximum absolute atomic E-state index is 13.8. The van der Waals surface area contributed by atoms with Crippen molar-refractivity contribution in [3.8, 4) is 11.3 Å². The number of benzene rings is 2. The normalized spacial score (nSPS) is 10.9. The molecule has 1 amide bonds. The van der Waals surface area contributed by atoms with Gasteiger partial charge in [-0.3, -0.25) is 4.79 Å². The minimum Gasteiger partial charge on any atom is -0.322 e. The summed E-state index contributed by atoms with van der Waals surface area (Å²) in [6.45, 7) is 1.99. The Morgan fingerprint density at radius 3 is 2.70 bits per heavy atom. The van der Waals surface area contributed by atoms with Crippen molar-refractivity contribution in [3.63, 3.8) is 0 Å². The Hall–Kier alpha value is -3.54. The number of rotatable bonds is 3. The molecule has 134 valence electrons. The lowest BCUT2D eigenvalue weighted by molar-refractivity contribution is 0.102. The number of carbonyl (C=O) groups excluding carboxylic acids is 1. The van der Waals surface area contributed by atoms with Crippen LogP contribution in [0, 0.1) is 18.6 Å². The number of nitrogens with one attached hydrogen (secondary N) is 1. The number of pyridine rings is 1. The molecule has 4 nitrogen and oxygen atoms in total. The zero-order valence-corrected chi connectivity index (χ0v) is 14.4. The van der Waals surface area contributed by atoms with E-state index < -0.39 is 17.5 Å². The summed E-state index contributed by atoms with van der Waals surface area (Å²) in [5.41, 5.74) is 3.76. The van der Waals surface area contributed by atoms with Gasteiger partial charge in [0.1, 0.15) is 17.3 Å². The van der Waals surface area contributed by atoms with Gasteiger partial charge in [0.2, 0.25) is 0 Å². The average molecular weight is 363 g/mol. The predicted octanol–water partition coefficient (Wildman–Crippen LogP) is 4.84. The molecule has 0 aliphatic carbocycles. The number of halogens is 2. The van der Waals surface area contributed by atoms with Gasteiger partial charge < -0.3 is 9.72 Å². The molecule has 4 rings (SSSR count). The Kier molecular flexibility index (Phi) is 4.16. The molecule has 0 atom stereocenters. The van der Waals surface area contributed by atoms with Crippen LogP contribution in [0.5, 0.6) is 0 Å². The Labute approximate surface area is 154 Å². The van der Waals surface area contributed by atoms with Crippen molar-refractivity contribution in [3.05, 3.63) is 89.8 Å². The molecule has 0 fully saturated rings. The molecule has 4 aromatic rings. The average Bonchev–Trinajstić information content (AvgIpc) is 3.07. The Morgan fingerprint density at radius 1 is 1.07 bits per heavy atom. The summed E-state index contributed by atoms with van der Waals surface area (Å²) in [5, 5.41) is 2.64. The minimum absolute atomic E-state index is 0.217. The van der Waals surface area contributed by atoms with E-state index in [0.29, 0.717) is 11.8 Å². The zero-order chi connectivity index (χ0) is 19.0. The van der Waals surface area contributed by atoms with E-state index in [1.165, 1.54) is 0 Å². The van der Waals surface area contributed by atoms with Crippen LogP contribution in [0.1, 0.15) is 15.9 Å². The fraction of sp³-hybridized carbons (Fsp3) is 0.0476. The van der Waals surface area contributed by atoms with Gasteiger partial charge >= 0.3 is 0 Å². The Morgan fingerprint density at radius 2 is 1.93 bits per heavy atom. The molecule has 2 aromatic carbocycles. The highest BCUT2D eigenvalue weighted by molar-refractivity contribution is 6.04. The van der Waals surface area contributed by atoms with Gasteiger partial charge in [-0.2, -0.15) is 0 Å². The van der Waals surface area contributed by atoms with Crippen LogP contribution in [0.2, 0.25) is 0 Å². The van der Waals surface area contributed by atoms with Crippen LogP contribution in [-0.2, 0) is 0 Å². The lowest BCUT2D eigenvalue weighted by Crippen LogP contribution is -2.13. The fourth-order valence-corrected chi connectivity index (χ4v) is 2.92. The van der Waals surface area contributed by atoms with Crippen molar-refractivity contribution >= 4 is 17.2 Å². The molecule has 0 saturated heterocycles. The van der Waals surface area contributed by atoms with E-state index in [1.807, 2.05) is 41.9 Å². The topological polar surface area (TPSA) is 46.4 Å². The number of imidazole rings is 1. The molecule has 6 heteroatoms. The van der Waals surface area contributed by atoms with Crippen LogP contribution in [0.25, 0.3) is 16.9 Å². The Balaban J connectivity index is 1.64. The van der Waals surface area contributed by atoms with Crippen LogP contribution in [0.15, 0.2) is 67.0 Å². The fourth-order valence-electron chi connectivity index (χ4n) is 2.92. The molecular weight excluding hydrogens is 348 g/mol. The molecule has 27 heavy (non-hydrogen) atoms. The molecule has 2 heterocycles. The molecule has 1 N–H and O–H groups in total. The highest BCUT2D eigenvalue weighted by atomic mass is 19.1. The van der Waals surface area contributed by atoms with Gasteiger partial charge in [0, 0.05) is 29.7 Å². The Bertz CT molecular complexity index is 1170. The molecule has 0 aliphatic heterocycles. The number of fused-ring (bicyclic) bond motifs is 1. The van der Waals surface area contributed by atoms with Gasteiger partial charge in [-0.1, -0.05) is 18.2 Å². The quantitative estimate of drug-likeness (QED) is 0.566. The van der Waals surface area contributed by atoms with Crippen molar-refractivity contribution in [2.45, 2.75) is 6.92 Å². The summed E-state index contributed by atoms with van der Waals surface area (Å²) in [6, 6.07) is 13.9. The van der Waals surface area contributed by atoms with E-state index in [1.54, 1.807) is 18.2 Å². The summed E-state index contributed by atoms with van der Waals surface area (Å²) < 4.78 is 28.7. The standard InChI is InChI=1S/C21H15F2N3O/c1-13-4-3-9-26-12-19(25-20(13)26)14-5-2-6-16(10-14)24-21(27)17-8-7-15(22)11-18(17)23/h2-12H,1H3,(H,24,27). The first-order valence-electron chi connectivity index (χ1n) is 8.32. The van der Waals surface area contributed by atoms with Crippen LogP contribution >= 0.6 is 0 Å². The molecule has 0 spiro atoms. The highest BCUT2D eigenvalue weighted by Crippen LogP contribution is 2.24. The largest absolute Gasteiger partial charge is 0.322 e. The molecule has 0 unspecified atom stereocenters. The lowest BCUT2D eigenvalue weighted by atomic mass is 10.1. The first-order valence-corrected chi connectivity index (χ1v) is 8.32. The van der Waals surface area contributed by atoms with Crippen LogP contribution in [0.3, 0.4) is 0 Å². The van der Waals surface area contributed by atoms with E-state index in [-0.39, 0.29) is 5.56 Å². The van der Waals surface area contributed by atoms with Gasteiger partial charge in [0.25, 0.3) is 5.91 Å². The maximum atomic E-state index is 13.8. The molecule has 0 bridgehead atoms. The van der Waals surface area contributed by atoms with Gasteiger partial charge in [0.15, 0.2) is 0 Å². The molecule has 0 saturated carbocycles. The van der Waals surface area contributed by atoms with Crippen molar-refractivity contribution in [1.29, 1.82) is 0 Å². The third-order valence-electron chi connectivity index (χ3n) is 4.27. The van der Waals surface area contributed by atoms with Crippen LogP contribution < -0.4 is 5.32 Å². The predicted molar refractivity (Wildman–Crippen MR) is 99.7 cm³/mol. The first-order chi connectivity index (χ1) is 13.0. The number of carbonyl (C=O) groups is 1. The summed E-state index contributed by atoms with van der Waals surface area (Å²) in [6.07, 6.45) is 3.82.